The van der Waals surface area contributed by atoms with Crippen LogP contribution >= 0.6 is 11.3 Å². The number of ether oxygens (including phenoxy) is 1. The Labute approximate surface area is 164 Å². The predicted molar refractivity (Wildman–Crippen MR) is 109 cm³/mol. The lowest BCUT2D eigenvalue weighted by Gasteiger charge is -2.17. The van der Waals surface area contributed by atoms with E-state index in [4.69, 9.17) is 4.74 Å². The number of anilines is 4. The Balaban J connectivity index is 1.51. The van der Waals surface area contributed by atoms with E-state index in [1.807, 2.05) is 36.4 Å². The van der Waals surface area contributed by atoms with Crippen molar-refractivity contribution in [3.8, 4) is 0 Å². The number of methoxy groups -OCH3 is 1. The molecule has 0 aliphatic heterocycles. The molecule has 0 aliphatic rings. The Morgan fingerprint density at radius 3 is 2.61 bits per heavy atom. The minimum absolute atomic E-state index is 0.230. The van der Waals surface area contributed by atoms with Gasteiger partial charge in [0.1, 0.15) is 5.82 Å². The maximum absolute atomic E-state index is 11.7. The Hall–Kier alpha value is -3.59. The summed E-state index contributed by atoms with van der Waals surface area (Å²) in [5.41, 5.74) is 1.17. The van der Waals surface area contributed by atoms with Gasteiger partial charge in [0.05, 0.1) is 17.3 Å². The van der Waals surface area contributed by atoms with Crippen LogP contribution in [0.4, 0.5) is 22.6 Å². The van der Waals surface area contributed by atoms with Gasteiger partial charge in [-0.2, -0.15) is 0 Å². The zero-order valence-electron chi connectivity index (χ0n) is 15.2. The molecule has 0 bridgehead atoms. The van der Waals surface area contributed by atoms with Gasteiger partial charge in [-0.25, -0.2) is 14.8 Å². The first-order valence-electron chi connectivity index (χ1n) is 8.39. The Morgan fingerprint density at radius 2 is 1.86 bits per heavy atom. The second kappa shape index (κ2) is 7.57. The van der Waals surface area contributed by atoms with Gasteiger partial charge in [-0.1, -0.05) is 29.5 Å². The van der Waals surface area contributed by atoms with Crippen LogP contribution in [0.1, 0.15) is 10.5 Å². The first-order valence-corrected chi connectivity index (χ1v) is 9.21. The van der Waals surface area contributed by atoms with Crippen molar-refractivity contribution in [1.82, 2.24) is 20.2 Å². The normalized spacial score (nSPS) is 10.6. The van der Waals surface area contributed by atoms with Gasteiger partial charge in [-0.05, 0) is 36.4 Å². The van der Waals surface area contributed by atoms with Crippen LogP contribution in [0.15, 0.2) is 54.6 Å². The van der Waals surface area contributed by atoms with E-state index in [0.29, 0.717) is 17.5 Å². The summed E-state index contributed by atoms with van der Waals surface area (Å²) in [6, 6.07) is 16.7. The van der Waals surface area contributed by atoms with E-state index in [9.17, 15) is 4.79 Å². The van der Waals surface area contributed by atoms with E-state index in [0.717, 1.165) is 15.3 Å². The second-order valence-electron chi connectivity index (χ2n) is 5.82. The number of carbonyl (C=O) groups is 1. The van der Waals surface area contributed by atoms with Crippen LogP contribution in [-0.2, 0) is 4.74 Å². The molecule has 0 saturated heterocycles. The number of carbonyl (C=O) groups excluding carboxylic acids is 1. The number of benzene rings is 1. The van der Waals surface area contributed by atoms with Crippen molar-refractivity contribution >= 4 is 50.1 Å². The number of hydrogen-bond acceptors (Lipinski definition) is 9. The minimum atomic E-state index is -0.489. The molecule has 3 aromatic heterocycles. The summed E-state index contributed by atoms with van der Waals surface area (Å²) in [5, 5.41) is 12.4. The van der Waals surface area contributed by atoms with Gasteiger partial charge < -0.3 is 15.0 Å². The van der Waals surface area contributed by atoms with Crippen LogP contribution in [0, 0.1) is 0 Å². The number of aromatic nitrogens is 4. The molecule has 140 valence electrons. The highest BCUT2D eigenvalue weighted by Crippen LogP contribution is 2.28. The van der Waals surface area contributed by atoms with E-state index in [2.05, 4.69) is 25.5 Å². The monoisotopic (exact) mass is 392 g/mol. The lowest BCUT2D eigenvalue weighted by atomic mass is 10.3. The minimum Gasteiger partial charge on any atom is -0.464 e. The zero-order valence-corrected chi connectivity index (χ0v) is 16.0. The van der Waals surface area contributed by atoms with Crippen LogP contribution in [0.25, 0.3) is 10.2 Å². The van der Waals surface area contributed by atoms with Crippen LogP contribution in [0.5, 0.6) is 0 Å². The van der Waals surface area contributed by atoms with E-state index in [1.165, 1.54) is 7.11 Å². The lowest BCUT2D eigenvalue weighted by molar-refractivity contribution is 0.0594. The van der Waals surface area contributed by atoms with Crippen molar-refractivity contribution in [2.24, 2.45) is 0 Å². The maximum atomic E-state index is 11.7. The molecule has 0 saturated carbocycles. The Kier molecular flexibility index (Phi) is 4.81. The third kappa shape index (κ3) is 3.60. The van der Waals surface area contributed by atoms with Crippen molar-refractivity contribution in [3.63, 3.8) is 0 Å². The van der Waals surface area contributed by atoms with Gasteiger partial charge in [0.15, 0.2) is 22.5 Å². The van der Waals surface area contributed by atoms with E-state index < -0.39 is 5.97 Å². The zero-order chi connectivity index (χ0) is 19.5. The highest BCUT2D eigenvalue weighted by molar-refractivity contribution is 7.22. The first-order chi connectivity index (χ1) is 13.6. The number of nitrogens with one attached hydrogen (secondary N) is 1. The molecular weight excluding hydrogens is 376 g/mol. The number of nitrogens with zero attached hydrogens (tertiary/aromatic N) is 5. The third-order valence-electron chi connectivity index (χ3n) is 4.00. The molecule has 1 aromatic carbocycles. The standard InChI is InChI=1S/C19H16N6O2S/c1-25(16-9-5-7-13(20-16)18(26)27-2)17-11-10-15(23-24-17)22-19-21-12-6-3-4-8-14(12)28-19/h3-11H,1-2H3,(H,21,22,23). The molecule has 4 rings (SSSR count). The largest absolute Gasteiger partial charge is 0.464 e. The summed E-state index contributed by atoms with van der Waals surface area (Å²) in [6.45, 7) is 0. The third-order valence-corrected chi connectivity index (χ3v) is 4.95. The molecule has 0 unspecified atom stereocenters. The average molecular weight is 392 g/mol. The van der Waals surface area contributed by atoms with Crippen LogP contribution in [-0.4, -0.2) is 40.3 Å². The molecule has 0 amide bonds. The fourth-order valence-corrected chi connectivity index (χ4v) is 3.42. The molecular formula is C19H16N6O2S. The first kappa shape index (κ1) is 17.8. The Morgan fingerprint density at radius 1 is 1.00 bits per heavy atom. The molecule has 1 N–H and O–H groups in total. The Bertz CT molecular complexity index is 1100. The van der Waals surface area contributed by atoms with Gasteiger partial charge >= 0.3 is 5.97 Å². The summed E-state index contributed by atoms with van der Waals surface area (Å²) >= 11 is 1.55. The molecule has 8 nitrogen and oxygen atoms in total. The quantitative estimate of drug-likeness (QED) is 0.513. The molecule has 0 aliphatic carbocycles. The second-order valence-corrected chi connectivity index (χ2v) is 6.85. The van der Waals surface area contributed by atoms with Crippen molar-refractivity contribution in [2.75, 3.05) is 24.4 Å². The summed E-state index contributed by atoms with van der Waals surface area (Å²) in [5.74, 6) is 1.25. The molecule has 9 heteroatoms. The molecule has 0 spiro atoms. The van der Waals surface area contributed by atoms with Crippen LogP contribution < -0.4 is 10.2 Å². The average Bonchev–Trinajstić information content (AvgIpc) is 3.15. The highest BCUT2D eigenvalue weighted by Gasteiger charge is 2.12. The van der Waals surface area contributed by atoms with Crippen LogP contribution in [0.3, 0.4) is 0 Å². The van der Waals surface area contributed by atoms with Crippen molar-refractivity contribution in [3.05, 3.63) is 60.3 Å². The number of pyridine rings is 1. The highest BCUT2D eigenvalue weighted by atomic mass is 32.1. The van der Waals surface area contributed by atoms with Gasteiger partial charge in [0.25, 0.3) is 0 Å². The molecule has 4 aromatic rings. The molecule has 28 heavy (non-hydrogen) atoms. The van der Waals surface area contributed by atoms with Gasteiger partial charge in [0.2, 0.25) is 0 Å². The van der Waals surface area contributed by atoms with Crippen LogP contribution in [0.2, 0.25) is 0 Å². The number of thiazole rings is 1. The number of para-hydroxylation sites is 1. The fraction of sp³-hybridized carbons (Fsp3) is 0.105. The van der Waals surface area contributed by atoms with Gasteiger partial charge in [-0.15, -0.1) is 10.2 Å². The van der Waals surface area contributed by atoms with Gasteiger partial charge in [0, 0.05) is 7.05 Å². The number of hydrogen-bond donors (Lipinski definition) is 1. The molecule has 0 fully saturated rings. The summed E-state index contributed by atoms with van der Waals surface area (Å²) in [6.07, 6.45) is 0. The van der Waals surface area contributed by atoms with E-state index >= 15 is 0 Å². The summed E-state index contributed by atoms with van der Waals surface area (Å²) in [4.78, 5) is 22.2. The van der Waals surface area contributed by atoms with E-state index in [1.54, 1.807) is 41.5 Å². The lowest BCUT2D eigenvalue weighted by Crippen LogP contribution is -2.15. The van der Waals surface area contributed by atoms with Crippen molar-refractivity contribution < 1.29 is 9.53 Å². The van der Waals surface area contributed by atoms with E-state index in [-0.39, 0.29) is 5.69 Å². The fourth-order valence-electron chi connectivity index (χ4n) is 2.55. The molecule has 0 radical (unpaired) electrons. The van der Waals surface area contributed by atoms with Gasteiger partial charge in [-0.3, -0.25) is 0 Å². The summed E-state index contributed by atoms with van der Waals surface area (Å²) in [7, 11) is 3.12. The number of rotatable bonds is 5. The summed E-state index contributed by atoms with van der Waals surface area (Å²) < 4.78 is 5.81. The molecule has 3 heterocycles. The van der Waals surface area contributed by atoms with Crippen molar-refractivity contribution in [1.29, 1.82) is 0 Å². The smallest absolute Gasteiger partial charge is 0.356 e. The maximum Gasteiger partial charge on any atom is 0.356 e. The van der Waals surface area contributed by atoms with Crippen molar-refractivity contribution in [2.45, 2.75) is 0 Å². The number of fused-ring (bicyclic) bond motifs is 1. The SMILES string of the molecule is COC(=O)c1cccc(N(C)c2ccc(Nc3nc4ccccc4s3)nn2)n1. The molecule has 0 atom stereocenters. The topological polar surface area (TPSA) is 93.1 Å². The number of esters is 1. The predicted octanol–water partition coefficient (Wildman–Crippen LogP) is 3.78.